The van der Waals surface area contributed by atoms with Gasteiger partial charge in [0.2, 0.25) is 0 Å². The lowest BCUT2D eigenvalue weighted by molar-refractivity contribution is -0.0966. The molecular formula is C19H27NO3. The van der Waals surface area contributed by atoms with Crippen LogP contribution in [0.4, 0.5) is 0 Å². The molecule has 0 aromatic carbocycles. The van der Waals surface area contributed by atoms with Gasteiger partial charge in [-0.25, -0.2) is 0 Å². The van der Waals surface area contributed by atoms with Crippen molar-refractivity contribution in [3.05, 3.63) is 23.5 Å². The summed E-state index contributed by atoms with van der Waals surface area (Å²) in [5.41, 5.74) is 1.76. The van der Waals surface area contributed by atoms with Crippen LogP contribution in [0.15, 0.2) is 23.5 Å². The summed E-state index contributed by atoms with van der Waals surface area (Å²) in [5, 5.41) is 0. The second-order valence-corrected chi connectivity index (χ2v) is 8.04. The average molecular weight is 317 g/mol. The number of hydrogen-bond acceptors (Lipinski definition) is 4. The molecule has 4 heteroatoms. The standard InChI is InChI=1S/C19H27NO3/c1-20-9-8-19-12-5-7-15(22-3)18(19)23-17-14(21-2)6-4-11(16(17)19)10-13(12)20/h5,7,11,13-14,16-18H,4,6,8-10H2,1-3H3/t11?,13?,14?,16?,17?,18-,19-/m0/s1. The summed E-state index contributed by atoms with van der Waals surface area (Å²) in [4.78, 5) is 2.56. The third-order valence-electron chi connectivity index (χ3n) is 7.46. The van der Waals surface area contributed by atoms with Crippen LogP contribution in [0, 0.1) is 17.3 Å². The van der Waals surface area contributed by atoms with Crippen LogP contribution >= 0.6 is 0 Å². The lowest BCUT2D eigenvalue weighted by Crippen LogP contribution is -2.61. The first-order valence-electron chi connectivity index (χ1n) is 9.05. The molecule has 5 unspecified atom stereocenters. The highest BCUT2D eigenvalue weighted by Crippen LogP contribution is 2.66. The van der Waals surface area contributed by atoms with Crippen molar-refractivity contribution in [3.8, 4) is 0 Å². The summed E-state index contributed by atoms with van der Waals surface area (Å²) in [6, 6.07) is 0.587. The van der Waals surface area contributed by atoms with Crippen LogP contribution < -0.4 is 0 Å². The summed E-state index contributed by atoms with van der Waals surface area (Å²) in [7, 11) is 5.92. The van der Waals surface area contributed by atoms with Gasteiger partial charge >= 0.3 is 0 Å². The molecule has 2 saturated heterocycles. The Morgan fingerprint density at radius 2 is 2.13 bits per heavy atom. The fourth-order valence-corrected chi connectivity index (χ4v) is 6.54. The van der Waals surface area contributed by atoms with E-state index in [4.69, 9.17) is 14.2 Å². The minimum absolute atomic E-state index is 0.0947. The average Bonchev–Trinajstić information content (AvgIpc) is 2.92. The quantitative estimate of drug-likeness (QED) is 0.782. The van der Waals surface area contributed by atoms with Crippen molar-refractivity contribution in [2.24, 2.45) is 17.3 Å². The fraction of sp³-hybridized carbons (Fsp3) is 0.789. The molecule has 126 valence electrons. The third kappa shape index (κ3) is 1.62. The molecule has 23 heavy (non-hydrogen) atoms. The van der Waals surface area contributed by atoms with Crippen LogP contribution in [0.1, 0.15) is 25.7 Å². The van der Waals surface area contributed by atoms with Crippen LogP contribution in [-0.2, 0) is 14.2 Å². The van der Waals surface area contributed by atoms with Crippen molar-refractivity contribution < 1.29 is 14.2 Å². The first kappa shape index (κ1) is 14.5. The maximum atomic E-state index is 6.69. The number of allylic oxidation sites excluding steroid dienone is 2. The van der Waals surface area contributed by atoms with Gasteiger partial charge < -0.3 is 14.2 Å². The van der Waals surface area contributed by atoms with E-state index in [1.54, 1.807) is 12.7 Å². The van der Waals surface area contributed by atoms with Crippen molar-refractivity contribution in [1.82, 2.24) is 4.90 Å². The third-order valence-corrected chi connectivity index (χ3v) is 7.46. The van der Waals surface area contributed by atoms with E-state index in [1.807, 2.05) is 7.11 Å². The van der Waals surface area contributed by atoms with E-state index in [1.165, 1.54) is 19.3 Å². The van der Waals surface area contributed by atoms with E-state index in [9.17, 15) is 0 Å². The molecule has 5 rings (SSSR count). The molecule has 2 heterocycles. The van der Waals surface area contributed by atoms with Crippen LogP contribution in [0.5, 0.6) is 0 Å². The largest absolute Gasteiger partial charge is 0.498 e. The molecule has 2 bridgehead atoms. The Hall–Kier alpha value is -0.840. The number of likely N-dealkylation sites (N-methyl/N-ethyl adjacent to an activating group) is 1. The number of likely N-dealkylation sites (tertiary alicyclic amines) is 1. The Labute approximate surface area is 138 Å². The van der Waals surface area contributed by atoms with Gasteiger partial charge in [-0.3, -0.25) is 4.90 Å². The Bertz CT molecular complexity index is 585. The van der Waals surface area contributed by atoms with Crippen LogP contribution in [-0.4, -0.2) is 57.1 Å². The highest BCUT2D eigenvalue weighted by atomic mass is 16.6. The molecule has 7 atom stereocenters. The van der Waals surface area contributed by atoms with Crippen molar-refractivity contribution >= 4 is 0 Å². The highest BCUT2D eigenvalue weighted by molar-refractivity contribution is 5.43. The van der Waals surface area contributed by atoms with Gasteiger partial charge in [0.05, 0.1) is 19.3 Å². The Morgan fingerprint density at radius 3 is 2.91 bits per heavy atom. The van der Waals surface area contributed by atoms with Crippen LogP contribution in [0.3, 0.4) is 0 Å². The van der Waals surface area contributed by atoms with Gasteiger partial charge in [-0.15, -0.1) is 0 Å². The molecule has 1 spiro atoms. The van der Waals surface area contributed by atoms with Gasteiger partial charge in [-0.2, -0.15) is 0 Å². The molecule has 2 aliphatic heterocycles. The van der Waals surface area contributed by atoms with E-state index >= 15 is 0 Å². The summed E-state index contributed by atoms with van der Waals surface area (Å²) >= 11 is 0. The SMILES string of the molecule is COC1=CC=C2C3CC4CCC(OC)C5O[C@@H]1[C@]2(CCN3C)C45. The second-order valence-electron chi connectivity index (χ2n) is 8.04. The molecule has 0 amide bonds. The number of methoxy groups -OCH3 is 2. The van der Waals surface area contributed by atoms with E-state index in [-0.39, 0.29) is 23.7 Å². The number of hydrogen-bond donors (Lipinski definition) is 0. The summed E-state index contributed by atoms with van der Waals surface area (Å²) in [5.74, 6) is 2.38. The van der Waals surface area contributed by atoms with Crippen molar-refractivity contribution in [1.29, 1.82) is 0 Å². The first-order chi connectivity index (χ1) is 11.2. The Morgan fingerprint density at radius 1 is 1.26 bits per heavy atom. The van der Waals surface area contributed by atoms with Gasteiger partial charge in [0.25, 0.3) is 0 Å². The molecule has 0 N–H and O–H groups in total. The van der Waals surface area contributed by atoms with Crippen molar-refractivity contribution in [3.63, 3.8) is 0 Å². The fourth-order valence-electron chi connectivity index (χ4n) is 6.54. The zero-order valence-corrected chi connectivity index (χ0v) is 14.3. The second kappa shape index (κ2) is 4.84. The summed E-state index contributed by atoms with van der Waals surface area (Å²) in [6.45, 7) is 1.16. The van der Waals surface area contributed by atoms with Gasteiger partial charge in [-0.1, -0.05) is 6.08 Å². The number of ether oxygens (including phenoxy) is 3. The van der Waals surface area contributed by atoms with Crippen LogP contribution in [0.2, 0.25) is 0 Å². The number of rotatable bonds is 2. The number of nitrogens with zero attached hydrogens (tertiary/aromatic N) is 1. The molecular weight excluding hydrogens is 290 g/mol. The van der Waals surface area contributed by atoms with Gasteiger partial charge in [0.15, 0.2) is 0 Å². The topological polar surface area (TPSA) is 30.9 Å². The summed E-state index contributed by atoms with van der Waals surface area (Å²) < 4.78 is 18.3. The molecule has 3 aliphatic carbocycles. The summed E-state index contributed by atoms with van der Waals surface area (Å²) in [6.07, 6.45) is 9.96. The predicted octanol–water partition coefficient (Wildman–Crippen LogP) is 2.36. The predicted molar refractivity (Wildman–Crippen MR) is 86.9 cm³/mol. The Balaban J connectivity index is 1.68. The van der Waals surface area contributed by atoms with Crippen LogP contribution in [0.25, 0.3) is 0 Å². The zero-order valence-electron chi connectivity index (χ0n) is 14.3. The van der Waals surface area contributed by atoms with Crippen molar-refractivity contribution in [2.45, 2.75) is 50.0 Å². The first-order valence-corrected chi connectivity index (χ1v) is 9.05. The van der Waals surface area contributed by atoms with Gasteiger partial charge in [0.1, 0.15) is 11.9 Å². The normalized spacial score (nSPS) is 50.9. The van der Waals surface area contributed by atoms with E-state index < -0.39 is 0 Å². The van der Waals surface area contributed by atoms with Crippen molar-refractivity contribution in [2.75, 3.05) is 27.8 Å². The lowest BCUT2D eigenvalue weighted by Gasteiger charge is -2.59. The lowest BCUT2D eigenvalue weighted by atomic mass is 9.49. The van der Waals surface area contributed by atoms with Gasteiger partial charge in [-0.05, 0) is 56.8 Å². The molecule has 2 saturated carbocycles. The minimum atomic E-state index is 0.0947. The Kier molecular flexibility index (Phi) is 3.05. The van der Waals surface area contributed by atoms with E-state index in [0.29, 0.717) is 12.0 Å². The minimum Gasteiger partial charge on any atom is -0.498 e. The maximum Gasteiger partial charge on any atom is 0.125 e. The maximum absolute atomic E-state index is 6.69. The molecule has 4 fully saturated rings. The molecule has 0 aromatic heterocycles. The smallest absolute Gasteiger partial charge is 0.125 e. The highest BCUT2D eigenvalue weighted by Gasteiger charge is 2.69. The van der Waals surface area contributed by atoms with Gasteiger partial charge in [0, 0.05) is 24.5 Å². The monoisotopic (exact) mass is 317 g/mol. The molecule has 0 aromatic rings. The van der Waals surface area contributed by atoms with E-state index in [2.05, 4.69) is 24.1 Å². The van der Waals surface area contributed by atoms with E-state index in [0.717, 1.165) is 24.6 Å². The molecule has 0 radical (unpaired) electrons. The molecule has 5 aliphatic rings. The molecule has 4 nitrogen and oxygen atoms in total. The zero-order chi connectivity index (χ0) is 15.8. The number of piperidine rings is 1.